The lowest BCUT2D eigenvalue weighted by atomic mass is 10.2. The number of hydrogen-bond acceptors (Lipinski definition) is 2. The third-order valence-electron chi connectivity index (χ3n) is 2.44. The van der Waals surface area contributed by atoms with Crippen molar-refractivity contribution < 1.29 is 4.79 Å². The van der Waals surface area contributed by atoms with Gasteiger partial charge in [0.15, 0.2) is 0 Å². The van der Waals surface area contributed by atoms with Crippen LogP contribution in [0.5, 0.6) is 0 Å². The number of halogens is 3. The van der Waals surface area contributed by atoms with Crippen molar-refractivity contribution in [3.05, 3.63) is 57.0 Å². The smallest absolute Gasteiger partial charge is 0.255 e. The number of para-hydroxylation sites is 1. The summed E-state index contributed by atoms with van der Waals surface area (Å²) >= 11 is 17.7. The number of nitrogens with one attached hydrogen (secondary N) is 1. The zero-order valence-electron chi connectivity index (χ0n) is 9.58. The van der Waals surface area contributed by atoms with E-state index in [1.807, 2.05) is 0 Å². The van der Waals surface area contributed by atoms with E-state index >= 15 is 0 Å². The molecule has 6 heteroatoms. The van der Waals surface area contributed by atoms with Crippen LogP contribution >= 0.6 is 34.8 Å². The molecule has 0 heterocycles. The molecule has 0 aliphatic rings. The Bertz CT molecular complexity index is 621. The number of rotatable bonds is 2. The van der Waals surface area contributed by atoms with Crippen molar-refractivity contribution in [2.75, 3.05) is 11.1 Å². The van der Waals surface area contributed by atoms with E-state index in [1.54, 1.807) is 24.3 Å². The minimum absolute atomic E-state index is 0.228. The van der Waals surface area contributed by atoms with Gasteiger partial charge in [0.2, 0.25) is 0 Å². The molecule has 2 aromatic rings. The van der Waals surface area contributed by atoms with Gasteiger partial charge in [-0.2, -0.15) is 0 Å². The lowest BCUT2D eigenvalue weighted by Crippen LogP contribution is -2.12. The van der Waals surface area contributed by atoms with Crippen LogP contribution in [-0.4, -0.2) is 5.91 Å². The summed E-state index contributed by atoms with van der Waals surface area (Å²) in [4.78, 5) is 12.1. The van der Waals surface area contributed by atoms with Gasteiger partial charge in [-0.05, 0) is 24.3 Å². The summed E-state index contributed by atoms with van der Waals surface area (Å²) in [6.45, 7) is 0. The Morgan fingerprint density at radius 2 is 1.74 bits per heavy atom. The molecule has 1 amide bonds. The highest BCUT2D eigenvalue weighted by Gasteiger charge is 2.12. The molecule has 0 saturated heterocycles. The normalized spacial score (nSPS) is 10.3. The van der Waals surface area contributed by atoms with Gasteiger partial charge in [0, 0.05) is 5.56 Å². The van der Waals surface area contributed by atoms with Crippen LogP contribution in [0.3, 0.4) is 0 Å². The summed E-state index contributed by atoms with van der Waals surface area (Å²) in [6, 6.07) is 9.83. The van der Waals surface area contributed by atoms with Crippen LogP contribution in [0.2, 0.25) is 15.1 Å². The predicted octanol–water partition coefficient (Wildman–Crippen LogP) is 4.48. The maximum Gasteiger partial charge on any atom is 0.255 e. The molecule has 3 N–H and O–H groups in total. The van der Waals surface area contributed by atoms with Gasteiger partial charge in [-0.25, -0.2) is 0 Å². The fourth-order valence-electron chi connectivity index (χ4n) is 1.50. The Morgan fingerprint density at radius 3 is 2.37 bits per heavy atom. The molecule has 0 aliphatic carbocycles. The zero-order valence-corrected chi connectivity index (χ0v) is 11.9. The monoisotopic (exact) mass is 314 g/mol. The minimum Gasteiger partial charge on any atom is -0.397 e. The maximum atomic E-state index is 12.1. The van der Waals surface area contributed by atoms with Gasteiger partial charge < -0.3 is 11.1 Å². The lowest BCUT2D eigenvalue weighted by Gasteiger charge is -2.09. The van der Waals surface area contributed by atoms with E-state index in [0.29, 0.717) is 16.3 Å². The molecule has 0 aliphatic heterocycles. The second kappa shape index (κ2) is 5.70. The average Bonchev–Trinajstić information content (AvgIpc) is 2.38. The van der Waals surface area contributed by atoms with E-state index in [2.05, 4.69) is 5.32 Å². The fraction of sp³-hybridized carbons (Fsp3) is 0. The van der Waals surface area contributed by atoms with Gasteiger partial charge in [0.05, 0.1) is 26.4 Å². The molecule has 0 radical (unpaired) electrons. The summed E-state index contributed by atoms with van der Waals surface area (Å²) in [7, 11) is 0. The summed E-state index contributed by atoms with van der Waals surface area (Å²) in [6.07, 6.45) is 0. The summed E-state index contributed by atoms with van der Waals surface area (Å²) in [5.41, 5.74) is 6.73. The number of amides is 1. The second-order valence-corrected chi connectivity index (χ2v) is 4.99. The van der Waals surface area contributed by atoms with Crippen molar-refractivity contribution in [3.8, 4) is 0 Å². The Labute approximate surface area is 125 Å². The van der Waals surface area contributed by atoms with Crippen LogP contribution in [0.15, 0.2) is 36.4 Å². The summed E-state index contributed by atoms with van der Waals surface area (Å²) in [5.74, 6) is -0.363. The van der Waals surface area contributed by atoms with Gasteiger partial charge >= 0.3 is 0 Å². The number of carbonyl (C=O) groups is 1. The summed E-state index contributed by atoms with van der Waals surface area (Å²) < 4.78 is 0. The fourth-order valence-corrected chi connectivity index (χ4v) is 2.02. The third kappa shape index (κ3) is 3.13. The first-order valence-electron chi connectivity index (χ1n) is 5.29. The molecule has 0 bridgehead atoms. The van der Waals surface area contributed by atoms with Crippen LogP contribution in [-0.2, 0) is 0 Å². The number of nitrogen functional groups attached to an aromatic ring is 1. The lowest BCUT2D eigenvalue weighted by molar-refractivity contribution is 0.102. The molecular formula is C13H9Cl3N2O. The molecule has 19 heavy (non-hydrogen) atoms. The first-order valence-corrected chi connectivity index (χ1v) is 6.43. The predicted molar refractivity (Wildman–Crippen MR) is 80.3 cm³/mol. The molecule has 2 aromatic carbocycles. The number of anilines is 2. The SMILES string of the molecule is Nc1cc(C(=O)Nc2ccccc2Cl)cc(Cl)c1Cl. The third-order valence-corrected chi connectivity index (χ3v) is 3.59. The number of nitrogens with two attached hydrogens (primary N) is 1. The van der Waals surface area contributed by atoms with E-state index in [9.17, 15) is 4.79 Å². The quantitative estimate of drug-likeness (QED) is 0.803. The standard InChI is InChI=1S/C13H9Cl3N2O/c14-8-3-1-2-4-11(8)18-13(19)7-5-9(15)12(16)10(17)6-7/h1-6H,17H2,(H,18,19). The average molecular weight is 316 g/mol. The highest BCUT2D eigenvalue weighted by Crippen LogP contribution is 2.30. The molecule has 0 aromatic heterocycles. The minimum atomic E-state index is -0.363. The highest BCUT2D eigenvalue weighted by atomic mass is 35.5. The number of benzene rings is 2. The molecule has 98 valence electrons. The highest BCUT2D eigenvalue weighted by molar-refractivity contribution is 6.44. The number of carbonyl (C=O) groups excluding carboxylic acids is 1. The van der Waals surface area contributed by atoms with Crippen LogP contribution in [0.4, 0.5) is 11.4 Å². The molecule has 0 saturated carbocycles. The largest absolute Gasteiger partial charge is 0.397 e. The Hall–Kier alpha value is -1.42. The van der Waals surface area contributed by atoms with Gasteiger partial charge in [-0.3, -0.25) is 4.79 Å². The van der Waals surface area contributed by atoms with Crippen molar-refractivity contribution in [2.45, 2.75) is 0 Å². The van der Waals surface area contributed by atoms with E-state index in [4.69, 9.17) is 40.5 Å². The molecule has 0 spiro atoms. The van der Waals surface area contributed by atoms with Gasteiger partial charge in [0.1, 0.15) is 0 Å². The second-order valence-electron chi connectivity index (χ2n) is 3.80. The van der Waals surface area contributed by atoms with E-state index in [0.717, 1.165) is 0 Å². The first kappa shape index (κ1) is 14.0. The Morgan fingerprint density at radius 1 is 1.05 bits per heavy atom. The molecule has 0 atom stereocenters. The van der Waals surface area contributed by atoms with E-state index < -0.39 is 0 Å². The van der Waals surface area contributed by atoms with Crippen molar-refractivity contribution in [1.82, 2.24) is 0 Å². The number of hydrogen-bond donors (Lipinski definition) is 2. The van der Waals surface area contributed by atoms with E-state index in [1.165, 1.54) is 12.1 Å². The Balaban J connectivity index is 2.28. The van der Waals surface area contributed by atoms with Gasteiger partial charge in [0.25, 0.3) is 5.91 Å². The Kier molecular flexibility index (Phi) is 4.20. The molecule has 3 nitrogen and oxygen atoms in total. The van der Waals surface area contributed by atoms with Crippen molar-refractivity contribution >= 4 is 52.1 Å². The molecular weight excluding hydrogens is 307 g/mol. The summed E-state index contributed by atoms with van der Waals surface area (Å²) in [5, 5.41) is 3.58. The van der Waals surface area contributed by atoms with Gasteiger partial charge in [-0.15, -0.1) is 0 Å². The molecule has 2 rings (SSSR count). The molecule has 0 fully saturated rings. The first-order chi connectivity index (χ1) is 8.99. The molecule has 0 unspecified atom stereocenters. The zero-order chi connectivity index (χ0) is 14.0. The van der Waals surface area contributed by atoms with E-state index in [-0.39, 0.29) is 21.6 Å². The van der Waals surface area contributed by atoms with Gasteiger partial charge in [-0.1, -0.05) is 46.9 Å². The van der Waals surface area contributed by atoms with Crippen molar-refractivity contribution in [1.29, 1.82) is 0 Å². The van der Waals surface area contributed by atoms with Crippen LogP contribution in [0.1, 0.15) is 10.4 Å². The van der Waals surface area contributed by atoms with Crippen LogP contribution < -0.4 is 11.1 Å². The van der Waals surface area contributed by atoms with Crippen LogP contribution in [0.25, 0.3) is 0 Å². The van der Waals surface area contributed by atoms with Crippen molar-refractivity contribution in [2.24, 2.45) is 0 Å². The topological polar surface area (TPSA) is 55.1 Å². The van der Waals surface area contributed by atoms with Crippen LogP contribution in [0, 0.1) is 0 Å². The van der Waals surface area contributed by atoms with Crippen molar-refractivity contribution in [3.63, 3.8) is 0 Å². The maximum absolute atomic E-state index is 12.1.